The Kier molecular flexibility index (Phi) is 7.68. The van der Waals surface area contributed by atoms with Crippen LogP contribution in [0.4, 0.5) is 4.79 Å². The first-order valence-electron chi connectivity index (χ1n) is 10.8. The van der Waals surface area contributed by atoms with E-state index in [0.29, 0.717) is 28.2 Å². The van der Waals surface area contributed by atoms with E-state index in [1.165, 1.54) is 0 Å². The van der Waals surface area contributed by atoms with Gasteiger partial charge in [0.2, 0.25) is 0 Å². The molecule has 7 heteroatoms. The third-order valence-electron chi connectivity index (χ3n) is 4.74. The zero-order valence-electron chi connectivity index (χ0n) is 19.3. The lowest BCUT2D eigenvalue weighted by Gasteiger charge is -2.22. The third kappa shape index (κ3) is 7.20. The molecule has 0 aromatic heterocycles. The van der Waals surface area contributed by atoms with Crippen LogP contribution in [-0.4, -0.2) is 34.6 Å². The molecule has 0 fully saturated rings. The minimum atomic E-state index is -1.16. The van der Waals surface area contributed by atoms with Crippen LogP contribution in [0.3, 0.4) is 0 Å². The molecule has 0 aliphatic rings. The van der Waals surface area contributed by atoms with Crippen molar-refractivity contribution in [2.24, 2.45) is 0 Å². The highest BCUT2D eigenvalue weighted by Gasteiger charge is 2.24. The second kappa shape index (κ2) is 10.7. The number of rotatable bonds is 8. The maximum Gasteiger partial charge on any atom is 0.408 e. The van der Waals surface area contributed by atoms with Gasteiger partial charge >= 0.3 is 12.1 Å². The average Bonchev–Trinajstić information content (AvgIpc) is 2.79. The molecule has 2 N–H and O–H groups in total. The van der Waals surface area contributed by atoms with Crippen molar-refractivity contribution in [2.75, 3.05) is 0 Å². The maximum absolute atomic E-state index is 12.5. The molecule has 1 amide bonds. The van der Waals surface area contributed by atoms with Crippen molar-refractivity contribution in [3.8, 4) is 11.5 Å². The molecule has 0 heterocycles. The summed E-state index contributed by atoms with van der Waals surface area (Å²) in [5.74, 6) is -0.106. The van der Waals surface area contributed by atoms with Gasteiger partial charge in [-0.2, -0.15) is 0 Å². The van der Waals surface area contributed by atoms with E-state index >= 15 is 0 Å². The van der Waals surface area contributed by atoms with Crippen LogP contribution in [0.25, 0.3) is 0 Å². The van der Waals surface area contributed by atoms with Gasteiger partial charge in [-0.1, -0.05) is 42.5 Å². The van der Waals surface area contributed by atoms with Crippen LogP contribution < -0.4 is 10.1 Å². The van der Waals surface area contributed by atoms with Gasteiger partial charge in [-0.15, -0.1) is 0 Å². The number of hydrogen-bond donors (Lipinski definition) is 2. The Balaban J connectivity index is 1.60. The van der Waals surface area contributed by atoms with Gasteiger partial charge in [-0.3, -0.25) is 4.79 Å². The number of amides is 1. The Morgan fingerprint density at radius 2 is 1.35 bits per heavy atom. The predicted octanol–water partition coefficient (Wildman–Crippen LogP) is 5.23. The number of ketones is 1. The third-order valence-corrected chi connectivity index (χ3v) is 4.74. The van der Waals surface area contributed by atoms with Crippen LogP contribution in [-0.2, 0) is 16.0 Å². The molecule has 0 bridgehead atoms. The van der Waals surface area contributed by atoms with Crippen molar-refractivity contribution in [1.82, 2.24) is 5.32 Å². The average molecular weight is 462 g/mol. The SMILES string of the molecule is CC(C)(C)OC(=O)N[C@@H](Cc1ccc(Oc2ccc(C(=O)c3ccccc3)cc2)cc1)C(=O)O. The summed E-state index contributed by atoms with van der Waals surface area (Å²) in [6, 6.07) is 21.6. The van der Waals surface area contributed by atoms with Crippen LogP contribution in [0.2, 0.25) is 0 Å². The van der Waals surface area contributed by atoms with Crippen molar-refractivity contribution in [3.63, 3.8) is 0 Å². The molecule has 0 saturated carbocycles. The first kappa shape index (κ1) is 24.5. The van der Waals surface area contributed by atoms with E-state index in [0.717, 1.165) is 0 Å². The number of aliphatic carboxylic acids is 1. The van der Waals surface area contributed by atoms with Gasteiger partial charge in [0.25, 0.3) is 0 Å². The molecule has 0 unspecified atom stereocenters. The molecule has 0 saturated heterocycles. The number of ether oxygens (including phenoxy) is 2. The fourth-order valence-corrected chi connectivity index (χ4v) is 3.15. The van der Waals surface area contributed by atoms with Crippen molar-refractivity contribution in [3.05, 3.63) is 95.6 Å². The topological polar surface area (TPSA) is 102 Å². The van der Waals surface area contributed by atoms with Gasteiger partial charge in [-0.25, -0.2) is 9.59 Å². The molecule has 0 aliphatic carbocycles. The lowest BCUT2D eigenvalue weighted by molar-refractivity contribution is -0.139. The lowest BCUT2D eigenvalue weighted by Crippen LogP contribution is -2.44. The monoisotopic (exact) mass is 461 g/mol. The molecule has 3 rings (SSSR count). The summed E-state index contributed by atoms with van der Waals surface area (Å²) in [5, 5.41) is 11.8. The summed E-state index contributed by atoms with van der Waals surface area (Å²) in [4.78, 5) is 36.0. The standard InChI is InChI=1S/C27H27NO6/c1-27(2,3)34-26(32)28-23(25(30)31)17-18-9-13-21(14-10-18)33-22-15-11-20(12-16-22)24(29)19-7-5-4-6-8-19/h4-16,23H,17H2,1-3H3,(H,28,32)(H,30,31)/t23-/m0/s1. The number of carbonyl (C=O) groups excluding carboxylic acids is 2. The van der Waals surface area contributed by atoms with E-state index in [1.807, 2.05) is 18.2 Å². The van der Waals surface area contributed by atoms with Crippen molar-refractivity contribution in [2.45, 2.75) is 38.8 Å². The smallest absolute Gasteiger partial charge is 0.408 e. The number of benzene rings is 3. The summed E-state index contributed by atoms with van der Waals surface area (Å²) in [6.07, 6.45) is -0.695. The maximum atomic E-state index is 12.5. The Labute approximate surface area is 198 Å². The van der Waals surface area contributed by atoms with Crippen molar-refractivity contribution in [1.29, 1.82) is 0 Å². The minimum Gasteiger partial charge on any atom is -0.480 e. The van der Waals surface area contributed by atoms with Crippen LogP contribution >= 0.6 is 0 Å². The van der Waals surface area contributed by atoms with E-state index in [4.69, 9.17) is 9.47 Å². The van der Waals surface area contributed by atoms with Gasteiger partial charge < -0.3 is 19.9 Å². The molecule has 0 spiro atoms. The first-order valence-corrected chi connectivity index (χ1v) is 10.8. The molecule has 34 heavy (non-hydrogen) atoms. The Morgan fingerprint density at radius 1 is 0.824 bits per heavy atom. The summed E-state index contributed by atoms with van der Waals surface area (Å²) in [7, 11) is 0. The lowest BCUT2D eigenvalue weighted by atomic mass is 10.0. The molecule has 176 valence electrons. The second-order valence-electron chi connectivity index (χ2n) is 8.71. The van der Waals surface area contributed by atoms with E-state index < -0.39 is 23.7 Å². The molecule has 7 nitrogen and oxygen atoms in total. The highest BCUT2D eigenvalue weighted by Crippen LogP contribution is 2.23. The van der Waals surface area contributed by atoms with Crippen LogP contribution in [0.15, 0.2) is 78.9 Å². The summed E-state index contributed by atoms with van der Waals surface area (Å²) >= 11 is 0. The normalized spacial score (nSPS) is 11.9. The zero-order chi connectivity index (χ0) is 24.7. The molecule has 3 aromatic rings. The Bertz CT molecular complexity index is 1130. The van der Waals surface area contributed by atoms with E-state index in [9.17, 15) is 19.5 Å². The summed E-state index contributed by atoms with van der Waals surface area (Å²) in [5.41, 5.74) is 1.16. The number of carboxylic acid groups (broad SMARTS) is 1. The summed E-state index contributed by atoms with van der Waals surface area (Å²) in [6.45, 7) is 5.11. The number of alkyl carbamates (subject to hydrolysis) is 1. The van der Waals surface area contributed by atoms with Gasteiger partial charge in [0.15, 0.2) is 5.78 Å². The number of carbonyl (C=O) groups is 3. The number of nitrogens with one attached hydrogen (secondary N) is 1. The summed E-state index contributed by atoms with van der Waals surface area (Å²) < 4.78 is 11.0. The van der Waals surface area contributed by atoms with Gasteiger partial charge in [0.05, 0.1) is 0 Å². The Hall–Kier alpha value is -4.13. The highest BCUT2D eigenvalue weighted by molar-refractivity contribution is 6.09. The predicted molar refractivity (Wildman–Crippen MR) is 127 cm³/mol. The largest absolute Gasteiger partial charge is 0.480 e. The van der Waals surface area contributed by atoms with Gasteiger partial charge in [0.1, 0.15) is 23.1 Å². The van der Waals surface area contributed by atoms with E-state index in [-0.39, 0.29) is 12.2 Å². The molecule has 3 aromatic carbocycles. The first-order chi connectivity index (χ1) is 16.1. The molecule has 1 atom stereocenters. The second-order valence-corrected chi connectivity index (χ2v) is 8.71. The molecule has 0 aliphatic heterocycles. The fourth-order valence-electron chi connectivity index (χ4n) is 3.15. The van der Waals surface area contributed by atoms with Crippen LogP contribution in [0.1, 0.15) is 42.3 Å². The Morgan fingerprint density at radius 3 is 1.88 bits per heavy atom. The number of carboxylic acids is 1. The van der Waals surface area contributed by atoms with Gasteiger partial charge in [-0.05, 0) is 62.7 Å². The molecule has 0 radical (unpaired) electrons. The zero-order valence-corrected chi connectivity index (χ0v) is 19.3. The van der Waals surface area contributed by atoms with Crippen LogP contribution in [0.5, 0.6) is 11.5 Å². The highest BCUT2D eigenvalue weighted by atomic mass is 16.6. The van der Waals surface area contributed by atoms with Crippen molar-refractivity contribution < 1.29 is 29.0 Å². The van der Waals surface area contributed by atoms with Crippen LogP contribution in [0, 0.1) is 0 Å². The van der Waals surface area contributed by atoms with E-state index in [1.54, 1.807) is 81.4 Å². The van der Waals surface area contributed by atoms with Crippen molar-refractivity contribution >= 4 is 17.8 Å². The quantitative estimate of drug-likeness (QED) is 0.446. The number of hydrogen-bond acceptors (Lipinski definition) is 5. The molecular formula is C27H27NO6. The van der Waals surface area contributed by atoms with E-state index in [2.05, 4.69) is 5.32 Å². The minimum absolute atomic E-state index is 0.0653. The van der Waals surface area contributed by atoms with Gasteiger partial charge in [0, 0.05) is 17.5 Å². The molecular weight excluding hydrogens is 434 g/mol. The fraction of sp³-hybridized carbons (Fsp3) is 0.222.